The molecule has 0 amide bonds. The quantitative estimate of drug-likeness (QED) is 0.818. The summed E-state index contributed by atoms with van der Waals surface area (Å²) in [6.45, 7) is 1.45. The Morgan fingerprint density at radius 3 is 2.74 bits per heavy atom. The van der Waals surface area contributed by atoms with E-state index in [1.54, 1.807) is 0 Å². The first-order valence-corrected chi connectivity index (χ1v) is 8.08. The zero-order valence-electron chi connectivity index (χ0n) is 9.65. The molecule has 0 spiro atoms. The first kappa shape index (κ1) is 14.2. The second kappa shape index (κ2) is 5.06. The number of benzene rings is 1. The Balaban J connectivity index is 2.45. The summed E-state index contributed by atoms with van der Waals surface area (Å²) < 4.78 is 40.9. The maximum atomic E-state index is 13.9. The van der Waals surface area contributed by atoms with Crippen LogP contribution in [0.1, 0.15) is 5.56 Å². The summed E-state index contributed by atoms with van der Waals surface area (Å²) in [7, 11) is -4.05. The smallest absolute Gasteiger partial charge is 0.266 e. The number of aromatic nitrogens is 1. The number of hydrogen-bond acceptors (Lipinski definition) is 5. The van der Waals surface area contributed by atoms with Gasteiger partial charge in [-0.25, -0.2) is 17.8 Å². The molecule has 19 heavy (non-hydrogen) atoms. The Bertz CT molecular complexity index is 730. The average molecular weight is 366 g/mol. The van der Waals surface area contributed by atoms with Gasteiger partial charge in [-0.2, -0.15) is 0 Å². The third kappa shape index (κ3) is 3.04. The van der Waals surface area contributed by atoms with E-state index in [1.807, 2.05) is 0 Å². The molecule has 0 saturated heterocycles. The summed E-state index contributed by atoms with van der Waals surface area (Å²) in [5.41, 5.74) is 5.89. The lowest BCUT2D eigenvalue weighted by Gasteiger charge is -2.09. The van der Waals surface area contributed by atoms with Crippen molar-refractivity contribution >= 4 is 48.1 Å². The Morgan fingerprint density at radius 1 is 1.47 bits per heavy atom. The van der Waals surface area contributed by atoms with Crippen LogP contribution in [-0.4, -0.2) is 13.4 Å². The van der Waals surface area contributed by atoms with E-state index in [9.17, 15) is 12.8 Å². The van der Waals surface area contributed by atoms with E-state index < -0.39 is 20.7 Å². The van der Waals surface area contributed by atoms with E-state index in [2.05, 4.69) is 25.6 Å². The normalized spacial score (nSPS) is 11.5. The summed E-state index contributed by atoms with van der Waals surface area (Å²) >= 11 is 4.25. The molecule has 1 heterocycles. The molecule has 2 rings (SSSR count). The van der Waals surface area contributed by atoms with Crippen molar-refractivity contribution in [2.24, 2.45) is 0 Å². The van der Waals surface area contributed by atoms with Crippen LogP contribution < -0.4 is 10.5 Å². The van der Waals surface area contributed by atoms with Crippen molar-refractivity contribution in [3.8, 4) is 0 Å². The molecule has 0 bridgehead atoms. The predicted octanol–water partition coefficient (Wildman–Crippen LogP) is 2.74. The summed E-state index contributed by atoms with van der Waals surface area (Å²) in [6, 6.07) is 2.45. The van der Waals surface area contributed by atoms with Gasteiger partial charge in [0.15, 0.2) is 5.13 Å². The van der Waals surface area contributed by atoms with Gasteiger partial charge in [0, 0.05) is 5.69 Å². The van der Waals surface area contributed by atoms with Gasteiger partial charge in [-0.05, 0) is 40.5 Å². The lowest BCUT2D eigenvalue weighted by atomic mass is 10.2. The summed E-state index contributed by atoms with van der Waals surface area (Å²) in [4.78, 5) is 3.34. The first-order chi connectivity index (χ1) is 8.79. The van der Waals surface area contributed by atoms with Gasteiger partial charge in [0.2, 0.25) is 0 Å². The van der Waals surface area contributed by atoms with Crippen LogP contribution in [0.4, 0.5) is 15.2 Å². The lowest BCUT2D eigenvalue weighted by molar-refractivity contribution is 0.565. The maximum absolute atomic E-state index is 13.9. The SMILES string of the molecule is Cc1cc(N)cc(S(=O)(=O)Nc2ncc(Br)s2)c1F. The van der Waals surface area contributed by atoms with Gasteiger partial charge in [-0.1, -0.05) is 11.3 Å². The van der Waals surface area contributed by atoms with Gasteiger partial charge >= 0.3 is 0 Å². The number of nitrogens with two attached hydrogens (primary N) is 1. The van der Waals surface area contributed by atoms with Crippen LogP contribution in [0.25, 0.3) is 0 Å². The van der Waals surface area contributed by atoms with Crippen molar-refractivity contribution in [2.45, 2.75) is 11.8 Å². The van der Waals surface area contributed by atoms with E-state index >= 15 is 0 Å². The molecule has 0 radical (unpaired) electrons. The number of nitrogen functional groups attached to an aromatic ring is 1. The van der Waals surface area contributed by atoms with Crippen molar-refractivity contribution in [1.29, 1.82) is 0 Å². The molecule has 0 aliphatic heterocycles. The molecule has 5 nitrogen and oxygen atoms in total. The largest absolute Gasteiger partial charge is 0.399 e. The maximum Gasteiger partial charge on any atom is 0.266 e. The molecule has 3 N–H and O–H groups in total. The van der Waals surface area contributed by atoms with Crippen molar-refractivity contribution < 1.29 is 12.8 Å². The number of aryl methyl sites for hydroxylation is 1. The van der Waals surface area contributed by atoms with Crippen molar-refractivity contribution in [2.75, 3.05) is 10.5 Å². The minimum atomic E-state index is -4.05. The molecule has 0 aliphatic rings. The number of rotatable bonds is 3. The number of nitrogens with zero attached hydrogens (tertiary/aromatic N) is 1. The van der Waals surface area contributed by atoms with Gasteiger partial charge in [0.1, 0.15) is 10.7 Å². The number of halogens is 2. The summed E-state index contributed by atoms with van der Waals surface area (Å²) in [6.07, 6.45) is 1.45. The molecule has 0 aliphatic carbocycles. The molecular weight excluding hydrogens is 357 g/mol. The van der Waals surface area contributed by atoms with Gasteiger partial charge in [-0.3, -0.25) is 4.72 Å². The molecule has 0 saturated carbocycles. The van der Waals surface area contributed by atoms with Crippen LogP contribution in [0.15, 0.2) is 27.0 Å². The van der Waals surface area contributed by atoms with Crippen molar-refractivity contribution in [1.82, 2.24) is 4.98 Å². The van der Waals surface area contributed by atoms with E-state index in [-0.39, 0.29) is 16.4 Å². The van der Waals surface area contributed by atoms with Crippen molar-refractivity contribution in [3.05, 3.63) is 33.5 Å². The van der Waals surface area contributed by atoms with Crippen LogP contribution in [0.5, 0.6) is 0 Å². The van der Waals surface area contributed by atoms with E-state index in [0.29, 0.717) is 3.79 Å². The topological polar surface area (TPSA) is 85.1 Å². The zero-order valence-corrected chi connectivity index (χ0v) is 12.9. The lowest BCUT2D eigenvalue weighted by Crippen LogP contribution is -2.15. The molecule has 0 fully saturated rings. The molecule has 102 valence electrons. The van der Waals surface area contributed by atoms with Crippen LogP contribution in [0.2, 0.25) is 0 Å². The minimum absolute atomic E-state index is 0.145. The number of nitrogens with one attached hydrogen (secondary N) is 1. The highest BCUT2D eigenvalue weighted by Crippen LogP contribution is 2.27. The fourth-order valence-corrected chi connectivity index (χ4v) is 3.97. The number of hydrogen-bond donors (Lipinski definition) is 2. The third-order valence-electron chi connectivity index (χ3n) is 2.23. The van der Waals surface area contributed by atoms with E-state index in [1.165, 1.54) is 19.2 Å². The van der Waals surface area contributed by atoms with Gasteiger partial charge in [0.25, 0.3) is 10.0 Å². The molecule has 2 aromatic rings. The number of anilines is 2. The van der Waals surface area contributed by atoms with Crippen LogP contribution in [-0.2, 0) is 10.0 Å². The number of thiazole rings is 1. The van der Waals surface area contributed by atoms with Crippen LogP contribution in [0.3, 0.4) is 0 Å². The van der Waals surface area contributed by atoms with Gasteiger partial charge < -0.3 is 5.73 Å². The third-order valence-corrected chi connectivity index (χ3v) is 5.09. The molecule has 1 aromatic carbocycles. The molecule has 1 aromatic heterocycles. The van der Waals surface area contributed by atoms with Crippen molar-refractivity contribution in [3.63, 3.8) is 0 Å². The van der Waals surface area contributed by atoms with E-state index in [0.717, 1.165) is 17.4 Å². The zero-order chi connectivity index (χ0) is 14.2. The highest BCUT2D eigenvalue weighted by molar-refractivity contribution is 9.11. The Morgan fingerprint density at radius 2 is 2.16 bits per heavy atom. The molecule has 0 atom stereocenters. The minimum Gasteiger partial charge on any atom is -0.399 e. The molecule has 9 heteroatoms. The second-order valence-corrected chi connectivity index (χ2v) is 7.79. The Kier molecular flexibility index (Phi) is 3.79. The Labute approximate surface area is 121 Å². The summed E-state index contributed by atoms with van der Waals surface area (Å²) in [5.74, 6) is -0.822. The van der Waals surface area contributed by atoms with Gasteiger partial charge in [-0.15, -0.1) is 0 Å². The highest BCUT2D eigenvalue weighted by atomic mass is 79.9. The predicted molar refractivity (Wildman–Crippen MR) is 76.2 cm³/mol. The highest BCUT2D eigenvalue weighted by Gasteiger charge is 2.22. The monoisotopic (exact) mass is 365 g/mol. The first-order valence-electron chi connectivity index (χ1n) is 4.99. The number of sulfonamides is 1. The fraction of sp³-hybridized carbons (Fsp3) is 0.100. The van der Waals surface area contributed by atoms with Gasteiger partial charge in [0.05, 0.1) is 9.98 Å². The fourth-order valence-electron chi connectivity index (χ4n) is 1.43. The average Bonchev–Trinajstić information content (AvgIpc) is 2.68. The van der Waals surface area contributed by atoms with E-state index in [4.69, 9.17) is 5.73 Å². The Hall–Kier alpha value is -1.19. The van der Waals surface area contributed by atoms with Crippen LogP contribution in [0, 0.1) is 12.7 Å². The molecule has 0 unspecified atom stereocenters. The molecular formula is C10H9BrFN3O2S2. The van der Waals surface area contributed by atoms with Crippen LogP contribution >= 0.6 is 27.3 Å². The standard InChI is InChI=1S/C10H9BrFN3O2S2/c1-5-2-6(13)3-7(9(5)12)19(16,17)15-10-14-4-8(11)18-10/h2-4H,13H2,1H3,(H,14,15). The summed E-state index contributed by atoms with van der Waals surface area (Å²) in [5, 5.41) is 0.145. The second-order valence-electron chi connectivity index (χ2n) is 3.72.